The average Bonchev–Trinajstić information content (AvgIpc) is 2.34. The molecule has 0 aliphatic heterocycles. The first-order valence-electron chi connectivity index (χ1n) is 6.07. The summed E-state index contributed by atoms with van der Waals surface area (Å²) in [6, 6.07) is 4.88. The number of halogens is 3. The summed E-state index contributed by atoms with van der Waals surface area (Å²) in [5, 5.41) is 2.58. The number of ether oxygens (including phenoxy) is 1. The number of carbonyl (C=O) groups excluding carboxylic acids is 1. The molecule has 0 spiro atoms. The number of benzene rings is 1. The number of nitrogens with one attached hydrogen (secondary N) is 1. The molecule has 1 amide bonds. The van der Waals surface area contributed by atoms with E-state index in [0.29, 0.717) is 5.56 Å². The summed E-state index contributed by atoms with van der Waals surface area (Å²) in [4.78, 5) is 11.3. The Bertz CT molecular complexity index is 461. The lowest BCUT2D eigenvalue weighted by atomic mass is 10.1. The van der Waals surface area contributed by atoms with Gasteiger partial charge in [0, 0.05) is 25.1 Å². The highest BCUT2D eigenvalue weighted by Crippen LogP contribution is 2.23. The molecule has 3 N–H and O–H groups in total. The molecule has 0 aromatic heterocycles. The minimum atomic E-state index is -4.40. The molecule has 0 aliphatic rings. The van der Waals surface area contributed by atoms with E-state index in [1.165, 1.54) is 6.07 Å². The first-order valence-corrected chi connectivity index (χ1v) is 6.07. The molecule has 0 saturated heterocycles. The predicted octanol–water partition coefficient (Wildman–Crippen LogP) is 1.90. The molecular weight excluding hydrogens is 273 g/mol. The first kappa shape index (κ1) is 16.3. The van der Waals surface area contributed by atoms with Crippen molar-refractivity contribution in [1.29, 1.82) is 0 Å². The van der Waals surface area contributed by atoms with Gasteiger partial charge in [-0.1, -0.05) is 12.1 Å². The Morgan fingerprint density at radius 2 is 2.10 bits per heavy atom. The highest BCUT2D eigenvalue weighted by molar-refractivity contribution is 5.76. The molecule has 0 heterocycles. The van der Waals surface area contributed by atoms with E-state index in [2.05, 4.69) is 5.32 Å². The van der Waals surface area contributed by atoms with Crippen LogP contribution in [0.2, 0.25) is 0 Å². The van der Waals surface area contributed by atoms with Crippen LogP contribution in [0.1, 0.15) is 17.5 Å². The lowest BCUT2D eigenvalue weighted by molar-refractivity contribution is -0.153. The maximum atomic E-state index is 12.2. The Hall–Kier alpha value is -1.76. The molecule has 7 heteroatoms. The largest absolute Gasteiger partial charge is 0.484 e. The molecule has 0 unspecified atom stereocenters. The summed E-state index contributed by atoms with van der Waals surface area (Å²) >= 11 is 0. The first-order chi connectivity index (χ1) is 9.31. The molecule has 1 aromatic carbocycles. The van der Waals surface area contributed by atoms with Gasteiger partial charge in [0.2, 0.25) is 5.91 Å². The Morgan fingerprint density at radius 1 is 1.40 bits per heavy atom. The number of hydrogen-bond donors (Lipinski definition) is 2. The van der Waals surface area contributed by atoms with Crippen LogP contribution in [0, 0.1) is 6.92 Å². The SMILES string of the molecule is Cc1ccc(CNC(=O)CCN)c(OCC(F)(F)F)c1. The van der Waals surface area contributed by atoms with Gasteiger partial charge in [0.15, 0.2) is 6.61 Å². The van der Waals surface area contributed by atoms with Gasteiger partial charge in [-0.2, -0.15) is 13.2 Å². The second-order valence-electron chi connectivity index (χ2n) is 4.33. The summed E-state index contributed by atoms with van der Waals surface area (Å²) in [7, 11) is 0. The number of aryl methyl sites for hydroxylation is 1. The minimum Gasteiger partial charge on any atom is -0.484 e. The fraction of sp³-hybridized carbons (Fsp3) is 0.462. The van der Waals surface area contributed by atoms with Gasteiger partial charge >= 0.3 is 6.18 Å². The maximum Gasteiger partial charge on any atom is 0.422 e. The molecule has 0 fully saturated rings. The van der Waals surface area contributed by atoms with E-state index in [1.54, 1.807) is 19.1 Å². The summed E-state index contributed by atoms with van der Waals surface area (Å²) in [5.74, 6) is -0.134. The van der Waals surface area contributed by atoms with Crippen LogP contribution in [0.3, 0.4) is 0 Å². The van der Waals surface area contributed by atoms with Gasteiger partial charge in [0.1, 0.15) is 5.75 Å². The van der Waals surface area contributed by atoms with Crippen LogP contribution < -0.4 is 15.8 Å². The Balaban J connectivity index is 2.72. The molecule has 1 rings (SSSR count). The van der Waals surface area contributed by atoms with Gasteiger partial charge < -0.3 is 15.8 Å². The smallest absolute Gasteiger partial charge is 0.422 e. The highest BCUT2D eigenvalue weighted by Gasteiger charge is 2.28. The van der Waals surface area contributed by atoms with Crippen LogP contribution in [0.25, 0.3) is 0 Å². The number of carbonyl (C=O) groups is 1. The molecule has 20 heavy (non-hydrogen) atoms. The molecule has 0 saturated carbocycles. The van der Waals surface area contributed by atoms with Crippen molar-refractivity contribution in [3.05, 3.63) is 29.3 Å². The Morgan fingerprint density at radius 3 is 2.70 bits per heavy atom. The van der Waals surface area contributed by atoms with Crippen molar-refractivity contribution < 1.29 is 22.7 Å². The second-order valence-corrected chi connectivity index (χ2v) is 4.33. The van der Waals surface area contributed by atoms with Gasteiger partial charge in [-0.3, -0.25) is 4.79 Å². The number of hydrogen-bond acceptors (Lipinski definition) is 3. The lowest BCUT2D eigenvalue weighted by Gasteiger charge is -2.14. The third-order valence-corrected chi connectivity index (χ3v) is 2.46. The zero-order valence-corrected chi connectivity index (χ0v) is 11.1. The predicted molar refractivity (Wildman–Crippen MR) is 68.2 cm³/mol. The molecular formula is C13H17F3N2O2. The molecule has 112 valence electrons. The number of nitrogens with two attached hydrogens (primary N) is 1. The van der Waals surface area contributed by atoms with Gasteiger partial charge in [0.05, 0.1) is 0 Å². The van der Waals surface area contributed by atoms with E-state index in [-0.39, 0.29) is 31.2 Å². The van der Waals surface area contributed by atoms with Crippen molar-refractivity contribution in [2.45, 2.75) is 26.1 Å². The minimum absolute atomic E-state index is 0.103. The van der Waals surface area contributed by atoms with E-state index < -0.39 is 12.8 Å². The fourth-order valence-corrected chi connectivity index (χ4v) is 1.52. The van der Waals surface area contributed by atoms with Gasteiger partial charge in [-0.15, -0.1) is 0 Å². The number of amides is 1. The van der Waals surface area contributed by atoms with Gasteiger partial charge in [0.25, 0.3) is 0 Å². The normalized spacial score (nSPS) is 11.2. The van der Waals surface area contributed by atoms with Crippen molar-refractivity contribution in [3.63, 3.8) is 0 Å². The van der Waals surface area contributed by atoms with Gasteiger partial charge in [-0.05, 0) is 18.6 Å². The van der Waals surface area contributed by atoms with Crippen LogP contribution >= 0.6 is 0 Å². The van der Waals surface area contributed by atoms with Crippen LogP contribution in [0.15, 0.2) is 18.2 Å². The quantitative estimate of drug-likeness (QED) is 0.841. The summed E-state index contributed by atoms with van der Waals surface area (Å²) in [6.45, 7) is 0.709. The molecule has 0 bridgehead atoms. The van der Waals surface area contributed by atoms with E-state index in [4.69, 9.17) is 10.5 Å². The van der Waals surface area contributed by atoms with Crippen molar-refractivity contribution in [1.82, 2.24) is 5.32 Å². The fourth-order valence-electron chi connectivity index (χ4n) is 1.52. The summed E-state index contributed by atoms with van der Waals surface area (Å²) in [6.07, 6.45) is -4.23. The van der Waals surface area contributed by atoms with Crippen LogP contribution in [0.5, 0.6) is 5.75 Å². The zero-order valence-electron chi connectivity index (χ0n) is 11.1. The summed E-state index contributed by atoms with van der Waals surface area (Å²) < 4.78 is 41.3. The molecule has 0 aliphatic carbocycles. The number of alkyl halides is 3. The highest BCUT2D eigenvalue weighted by atomic mass is 19.4. The van der Waals surface area contributed by atoms with Crippen LogP contribution in [-0.2, 0) is 11.3 Å². The van der Waals surface area contributed by atoms with Crippen molar-refractivity contribution >= 4 is 5.91 Å². The Labute approximate surface area is 115 Å². The molecule has 0 radical (unpaired) electrons. The van der Waals surface area contributed by atoms with Crippen molar-refractivity contribution in [2.75, 3.05) is 13.2 Å². The third-order valence-electron chi connectivity index (χ3n) is 2.46. The van der Waals surface area contributed by atoms with E-state index in [1.807, 2.05) is 0 Å². The Kier molecular flexibility index (Phi) is 5.82. The van der Waals surface area contributed by atoms with Crippen LogP contribution in [-0.4, -0.2) is 25.2 Å². The van der Waals surface area contributed by atoms with Crippen LogP contribution in [0.4, 0.5) is 13.2 Å². The maximum absolute atomic E-state index is 12.2. The van der Waals surface area contributed by atoms with Crippen molar-refractivity contribution in [2.24, 2.45) is 5.73 Å². The lowest BCUT2D eigenvalue weighted by Crippen LogP contribution is -2.26. The third kappa shape index (κ3) is 5.92. The number of rotatable bonds is 6. The van der Waals surface area contributed by atoms with E-state index in [9.17, 15) is 18.0 Å². The summed E-state index contributed by atoms with van der Waals surface area (Å²) in [5.41, 5.74) is 6.50. The average molecular weight is 290 g/mol. The second kappa shape index (κ2) is 7.14. The monoisotopic (exact) mass is 290 g/mol. The topological polar surface area (TPSA) is 64.4 Å². The van der Waals surface area contributed by atoms with Gasteiger partial charge in [-0.25, -0.2) is 0 Å². The van der Waals surface area contributed by atoms with E-state index in [0.717, 1.165) is 5.56 Å². The molecule has 1 aromatic rings. The molecule has 4 nitrogen and oxygen atoms in total. The van der Waals surface area contributed by atoms with E-state index >= 15 is 0 Å². The molecule has 0 atom stereocenters. The standard InChI is InChI=1S/C13H17F3N2O2/c1-9-2-3-10(7-18-12(19)4-5-17)11(6-9)20-8-13(14,15)16/h2-3,6H,4-5,7-8,17H2,1H3,(H,18,19). The van der Waals surface area contributed by atoms with Crippen molar-refractivity contribution in [3.8, 4) is 5.75 Å². The zero-order chi connectivity index (χ0) is 15.2.